The molecule has 0 amide bonds. The van der Waals surface area contributed by atoms with Gasteiger partial charge in [-0.1, -0.05) is 15.9 Å². The van der Waals surface area contributed by atoms with Gasteiger partial charge in [-0.2, -0.15) is 0 Å². The molecule has 1 fully saturated rings. The molecule has 2 rings (SSSR count). The van der Waals surface area contributed by atoms with Crippen molar-refractivity contribution >= 4 is 22.2 Å². The lowest BCUT2D eigenvalue weighted by Crippen LogP contribution is -2.38. The molecular formula is C13H16BrNO3. The number of carbonyl (C=O) groups is 1. The van der Waals surface area contributed by atoms with Crippen LogP contribution in [-0.4, -0.2) is 50.6 Å². The summed E-state index contributed by atoms with van der Waals surface area (Å²) in [6.07, 6.45) is 0.816. The van der Waals surface area contributed by atoms with Gasteiger partial charge < -0.3 is 9.47 Å². The van der Waals surface area contributed by atoms with E-state index in [1.54, 1.807) is 6.07 Å². The van der Waals surface area contributed by atoms with Crippen molar-refractivity contribution in [2.75, 3.05) is 39.5 Å². The van der Waals surface area contributed by atoms with E-state index in [-0.39, 0.29) is 0 Å². The van der Waals surface area contributed by atoms with Crippen molar-refractivity contribution < 1.29 is 14.3 Å². The first kappa shape index (κ1) is 13.5. The zero-order chi connectivity index (χ0) is 12.8. The van der Waals surface area contributed by atoms with Gasteiger partial charge in [-0.15, -0.1) is 0 Å². The quantitative estimate of drug-likeness (QED) is 0.779. The van der Waals surface area contributed by atoms with Gasteiger partial charge in [0.15, 0.2) is 6.29 Å². The zero-order valence-corrected chi connectivity index (χ0v) is 11.7. The second-order valence-corrected chi connectivity index (χ2v) is 5.02. The van der Waals surface area contributed by atoms with E-state index < -0.39 is 0 Å². The fraction of sp³-hybridized carbons (Fsp3) is 0.462. The Morgan fingerprint density at radius 3 is 2.89 bits per heavy atom. The first-order chi connectivity index (χ1) is 8.79. The maximum absolute atomic E-state index is 10.9. The first-order valence-corrected chi connectivity index (χ1v) is 6.76. The van der Waals surface area contributed by atoms with E-state index in [0.717, 1.165) is 43.6 Å². The first-order valence-electron chi connectivity index (χ1n) is 5.97. The third-order valence-electron chi connectivity index (χ3n) is 2.87. The fourth-order valence-corrected chi connectivity index (χ4v) is 2.18. The van der Waals surface area contributed by atoms with Crippen LogP contribution < -0.4 is 4.74 Å². The van der Waals surface area contributed by atoms with Crippen LogP contribution in [0.5, 0.6) is 5.75 Å². The molecule has 0 aromatic heterocycles. The van der Waals surface area contributed by atoms with Crippen molar-refractivity contribution in [3.63, 3.8) is 0 Å². The van der Waals surface area contributed by atoms with E-state index in [0.29, 0.717) is 17.9 Å². The van der Waals surface area contributed by atoms with Crippen molar-refractivity contribution in [3.8, 4) is 5.75 Å². The molecule has 1 aliphatic heterocycles. The summed E-state index contributed by atoms with van der Waals surface area (Å²) in [6, 6.07) is 5.41. The van der Waals surface area contributed by atoms with E-state index in [1.165, 1.54) is 0 Å². The van der Waals surface area contributed by atoms with Gasteiger partial charge in [0.05, 0.1) is 18.8 Å². The highest BCUT2D eigenvalue weighted by Gasteiger charge is 2.10. The van der Waals surface area contributed by atoms with Crippen LogP contribution in [0, 0.1) is 0 Å². The van der Waals surface area contributed by atoms with Crippen LogP contribution in [0.1, 0.15) is 10.4 Å². The van der Waals surface area contributed by atoms with Crippen molar-refractivity contribution in [2.45, 2.75) is 0 Å². The minimum absolute atomic E-state index is 0.581. The molecule has 0 bridgehead atoms. The number of aldehydes is 1. The van der Waals surface area contributed by atoms with Crippen molar-refractivity contribution in [1.82, 2.24) is 4.90 Å². The summed E-state index contributed by atoms with van der Waals surface area (Å²) < 4.78 is 11.9. The average Bonchev–Trinajstić information content (AvgIpc) is 2.40. The highest BCUT2D eigenvalue weighted by Crippen LogP contribution is 2.22. The predicted octanol–water partition coefficient (Wildman–Crippen LogP) is 1.97. The molecule has 1 aromatic carbocycles. The van der Waals surface area contributed by atoms with Crippen LogP contribution >= 0.6 is 15.9 Å². The zero-order valence-electron chi connectivity index (χ0n) is 10.1. The van der Waals surface area contributed by atoms with Gasteiger partial charge >= 0.3 is 0 Å². The fourth-order valence-electron chi connectivity index (χ4n) is 1.84. The Kier molecular flexibility index (Phi) is 5.16. The minimum Gasteiger partial charge on any atom is -0.491 e. The highest BCUT2D eigenvalue weighted by atomic mass is 79.9. The number of hydrogen-bond donors (Lipinski definition) is 0. The molecular weight excluding hydrogens is 298 g/mol. The van der Waals surface area contributed by atoms with Crippen LogP contribution in [0.25, 0.3) is 0 Å². The minimum atomic E-state index is 0.581. The Hall–Kier alpha value is -0.910. The van der Waals surface area contributed by atoms with E-state index in [9.17, 15) is 4.79 Å². The normalized spacial score (nSPS) is 16.5. The summed E-state index contributed by atoms with van der Waals surface area (Å²) in [5, 5.41) is 0. The second-order valence-electron chi connectivity index (χ2n) is 4.10. The molecule has 1 aromatic rings. The van der Waals surface area contributed by atoms with Crippen molar-refractivity contribution in [3.05, 3.63) is 28.2 Å². The third-order valence-corrected chi connectivity index (χ3v) is 3.36. The highest BCUT2D eigenvalue weighted by molar-refractivity contribution is 9.10. The number of halogens is 1. The van der Waals surface area contributed by atoms with Gasteiger partial charge in [-0.05, 0) is 18.2 Å². The van der Waals surface area contributed by atoms with Crippen LogP contribution in [0.3, 0.4) is 0 Å². The molecule has 0 saturated carbocycles. The molecule has 0 aliphatic carbocycles. The van der Waals surface area contributed by atoms with Crippen molar-refractivity contribution in [1.29, 1.82) is 0 Å². The maximum atomic E-state index is 10.9. The predicted molar refractivity (Wildman–Crippen MR) is 72.3 cm³/mol. The van der Waals surface area contributed by atoms with Crippen LogP contribution in [0.15, 0.2) is 22.7 Å². The second kappa shape index (κ2) is 6.87. The Bertz CT molecular complexity index is 405. The maximum Gasteiger partial charge on any atom is 0.153 e. The van der Waals surface area contributed by atoms with Gasteiger partial charge in [-0.25, -0.2) is 0 Å². The number of benzene rings is 1. The van der Waals surface area contributed by atoms with E-state index in [1.807, 2.05) is 12.1 Å². The monoisotopic (exact) mass is 313 g/mol. The van der Waals surface area contributed by atoms with Crippen LogP contribution in [0.4, 0.5) is 0 Å². The van der Waals surface area contributed by atoms with Crippen LogP contribution in [0.2, 0.25) is 0 Å². The number of ether oxygens (including phenoxy) is 2. The van der Waals surface area contributed by atoms with Crippen molar-refractivity contribution in [2.24, 2.45) is 0 Å². The summed E-state index contributed by atoms with van der Waals surface area (Å²) in [5.41, 5.74) is 0.583. The summed E-state index contributed by atoms with van der Waals surface area (Å²) in [5.74, 6) is 0.632. The Labute approximate surface area is 115 Å². The Morgan fingerprint density at radius 2 is 2.17 bits per heavy atom. The molecule has 0 atom stereocenters. The molecule has 18 heavy (non-hydrogen) atoms. The van der Waals surface area contributed by atoms with E-state index in [4.69, 9.17) is 9.47 Å². The number of carbonyl (C=O) groups excluding carboxylic acids is 1. The molecule has 0 unspecified atom stereocenters. The number of morpholine rings is 1. The van der Waals surface area contributed by atoms with Gasteiger partial charge in [0, 0.05) is 24.1 Å². The van der Waals surface area contributed by atoms with Gasteiger partial charge in [0.25, 0.3) is 0 Å². The Balaban J connectivity index is 1.85. The Morgan fingerprint density at radius 1 is 1.39 bits per heavy atom. The molecule has 0 N–H and O–H groups in total. The lowest BCUT2D eigenvalue weighted by atomic mass is 10.2. The van der Waals surface area contributed by atoms with Gasteiger partial charge in [-0.3, -0.25) is 9.69 Å². The van der Waals surface area contributed by atoms with Crippen LogP contribution in [-0.2, 0) is 4.74 Å². The van der Waals surface area contributed by atoms with E-state index >= 15 is 0 Å². The molecule has 0 spiro atoms. The molecule has 1 aliphatic rings. The number of hydrogen-bond acceptors (Lipinski definition) is 4. The van der Waals surface area contributed by atoms with Gasteiger partial charge in [0.2, 0.25) is 0 Å². The molecule has 0 radical (unpaired) electrons. The summed E-state index contributed by atoms with van der Waals surface area (Å²) >= 11 is 3.37. The topological polar surface area (TPSA) is 38.8 Å². The largest absolute Gasteiger partial charge is 0.491 e. The average molecular weight is 314 g/mol. The molecule has 1 heterocycles. The van der Waals surface area contributed by atoms with E-state index in [2.05, 4.69) is 20.8 Å². The number of nitrogens with zero attached hydrogens (tertiary/aromatic N) is 1. The smallest absolute Gasteiger partial charge is 0.153 e. The summed E-state index contributed by atoms with van der Waals surface area (Å²) in [6.45, 7) is 4.91. The molecule has 4 nitrogen and oxygen atoms in total. The number of rotatable bonds is 5. The molecule has 98 valence electrons. The van der Waals surface area contributed by atoms with Gasteiger partial charge in [0.1, 0.15) is 12.4 Å². The molecule has 5 heteroatoms. The molecule has 1 saturated heterocycles. The lowest BCUT2D eigenvalue weighted by Gasteiger charge is -2.26. The summed E-state index contributed by atoms with van der Waals surface area (Å²) in [7, 11) is 0. The third kappa shape index (κ3) is 3.80. The lowest BCUT2D eigenvalue weighted by molar-refractivity contribution is 0.0322. The summed E-state index contributed by atoms with van der Waals surface area (Å²) in [4.78, 5) is 13.2. The standard InChI is InChI=1S/C13H16BrNO3/c14-12-2-1-11(10-16)13(9-12)18-8-5-15-3-6-17-7-4-15/h1-2,9-10H,3-8H2. The SMILES string of the molecule is O=Cc1ccc(Br)cc1OCCN1CCOCC1.